The van der Waals surface area contributed by atoms with E-state index in [-0.39, 0.29) is 18.1 Å². The molecule has 1 aliphatic rings. The number of hydrogen-bond donors (Lipinski definition) is 3. The van der Waals surface area contributed by atoms with Gasteiger partial charge in [0.15, 0.2) is 0 Å². The molecule has 4 rings (SSSR count). The summed E-state index contributed by atoms with van der Waals surface area (Å²) in [4.78, 5) is 38.8. The Hall–Kier alpha value is -3.72. The lowest BCUT2D eigenvalue weighted by Crippen LogP contribution is -2.37. The summed E-state index contributed by atoms with van der Waals surface area (Å²) in [6, 6.07) is 17.0. The van der Waals surface area contributed by atoms with Crippen LogP contribution in [0.4, 0.5) is 21.0 Å². The van der Waals surface area contributed by atoms with E-state index in [0.29, 0.717) is 23.6 Å². The maximum Gasteiger partial charge on any atom is 0.414 e. The third-order valence-electron chi connectivity index (χ3n) is 5.08. The summed E-state index contributed by atoms with van der Waals surface area (Å²) in [5.41, 5.74) is 2.82. The minimum absolute atomic E-state index is 0.137. The van der Waals surface area contributed by atoms with Gasteiger partial charge in [-0.25, -0.2) is 9.59 Å². The lowest BCUT2D eigenvalue weighted by atomic mass is 10.2. The van der Waals surface area contributed by atoms with E-state index in [4.69, 9.17) is 4.74 Å². The zero-order chi connectivity index (χ0) is 22.7. The standard InChI is InChI=1S/C23H22N4O4S/c1-15-12-16(5-10-20(15)32)25-22(29)24-13-19-14-27(23(30)31-19)18-8-6-17(7-9-18)26-11-3-2-4-21(26)28/h2-12,19,32H,13-14H2,1H3,(H2,24,25,29)/t19-/m0/s1. The zero-order valence-corrected chi connectivity index (χ0v) is 18.2. The van der Waals surface area contributed by atoms with E-state index < -0.39 is 12.2 Å². The maximum absolute atomic E-state index is 12.3. The predicted octanol–water partition coefficient (Wildman–Crippen LogP) is 3.58. The second-order valence-corrected chi connectivity index (χ2v) is 7.86. The third-order valence-corrected chi connectivity index (χ3v) is 5.58. The molecule has 9 heteroatoms. The van der Waals surface area contributed by atoms with Gasteiger partial charge in [0.25, 0.3) is 5.56 Å². The van der Waals surface area contributed by atoms with Crippen LogP contribution in [0.2, 0.25) is 0 Å². The van der Waals surface area contributed by atoms with Gasteiger partial charge in [0.05, 0.1) is 13.1 Å². The van der Waals surface area contributed by atoms with Crippen LogP contribution in [0.25, 0.3) is 5.69 Å². The van der Waals surface area contributed by atoms with E-state index in [9.17, 15) is 14.4 Å². The number of ether oxygens (including phenoxy) is 1. The Balaban J connectivity index is 1.34. The van der Waals surface area contributed by atoms with Gasteiger partial charge in [-0.15, -0.1) is 12.6 Å². The molecule has 0 spiro atoms. The topological polar surface area (TPSA) is 92.7 Å². The third kappa shape index (κ3) is 4.78. The predicted molar refractivity (Wildman–Crippen MR) is 125 cm³/mol. The number of nitrogens with one attached hydrogen (secondary N) is 2. The van der Waals surface area contributed by atoms with Gasteiger partial charge in [-0.3, -0.25) is 14.3 Å². The molecule has 1 aliphatic heterocycles. The second kappa shape index (κ2) is 9.19. The van der Waals surface area contributed by atoms with Crippen LogP contribution in [-0.4, -0.2) is 35.9 Å². The maximum atomic E-state index is 12.3. The number of cyclic esters (lactones) is 1. The van der Waals surface area contributed by atoms with Crippen LogP contribution >= 0.6 is 12.6 Å². The first-order valence-corrected chi connectivity index (χ1v) is 10.5. The average Bonchev–Trinajstić information content (AvgIpc) is 3.16. The van der Waals surface area contributed by atoms with Crippen LogP contribution in [0.1, 0.15) is 5.56 Å². The molecule has 32 heavy (non-hydrogen) atoms. The number of aryl methyl sites for hydroxylation is 1. The molecule has 8 nitrogen and oxygen atoms in total. The van der Waals surface area contributed by atoms with Crippen LogP contribution in [0.3, 0.4) is 0 Å². The smallest absolute Gasteiger partial charge is 0.414 e. The number of anilines is 2. The molecular formula is C23H22N4O4S. The molecule has 2 aromatic carbocycles. The fourth-order valence-corrected chi connectivity index (χ4v) is 3.53. The molecule has 3 aromatic rings. The molecule has 0 aliphatic carbocycles. The van der Waals surface area contributed by atoms with E-state index in [1.807, 2.05) is 19.1 Å². The molecule has 164 valence electrons. The van der Waals surface area contributed by atoms with Gasteiger partial charge >= 0.3 is 12.1 Å². The molecule has 1 aromatic heterocycles. The van der Waals surface area contributed by atoms with Gasteiger partial charge < -0.3 is 15.4 Å². The molecule has 2 N–H and O–H groups in total. The SMILES string of the molecule is Cc1cc(NC(=O)NC[C@H]2CN(c3ccc(-n4ccccc4=O)cc3)C(=O)O2)ccc1S. The first kappa shape index (κ1) is 21.5. The van der Waals surface area contributed by atoms with Crippen LogP contribution in [0.5, 0.6) is 0 Å². The van der Waals surface area contributed by atoms with Crippen LogP contribution < -0.4 is 21.1 Å². The lowest BCUT2D eigenvalue weighted by molar-refractivity contribution is 0.141. The Bertz CT molecular complexity index is 1210. The fourth-order valence-electron chi connectivity index (χ4n) is 3.39. The van der Waals surface area contributed by atoms with Crippen LogP contribution in [0, 0.1) is 6.92 Å². The largest absolute Gasteiger partial charge is 0.442 e. The molecule has 2 heterocycles. The minimum Gasteiger partial charge on any atom is -0.442 e. The number of benzene rings is 2. The molecule has 0 saturated carbocycles. The van der Waals surface area contributed by atoms with Gasteiger partial charge in [-0.2, -0.15) is 0 Å². The Morgan fingerprint density at radius 2 is 1.84 bits per heavy atom. The Morgan fingerprint density at radius 1 is 1.09 bits per heavy atom. The summed E-state index contributed by atoms with van der Waals surface area (Å²) in [6.45, 7) is 2.38. The minimum atomic E-state index is -0.484. The molecule has 0 unspecified atom stereocenters. The summed E-state index contributed by atoms with van der Waals surface area (Å²) in [6.07, 6.45) is 0.718. The number of thiol groups is 1. The van der Waals surface area contributed by atoms with Crippen LogP contribution in [0.15, 0.2) is 76.6 Å². The van der Waals surface area contributed by atoms with E-state index in [1.165, 1.54) is 15.5 Å². The summed E-state index contributed by atoms with van der Waals surface area (Å²) in [5.74, 6) is 0. The molecule has 3 amide bonds. The average molecular weight is 451 g/mol. The molecule has 1 atom stereocenters. The van der Waals surface area contributed by atoms with Crippen molar-refractivity contribution in [3.8, 4) is 5.69 Å². The number of urea groups is 1. The Morgan fingerprint density at radius 3 is 2.56 bits per heavy atom. The van der Waals surface area contributed by atoms with Crippen molar-refractivity contribution in [3.05, 3.63) is 82.8 Å². The molecule has 0 radical (unpaired) electrons. The van der Waals surface area contributed by atoms with Crippen LogP contribution in [-0.2, 0) is 4.74 Å². The lowest BCUT2D eigenvalue weighted by Gasteiger charge is -2.14. The van der Waals surface area contributed by atoms with Crippen molar-refractivity contribution < 1.29 is 14.3 Å². The van der Waals surface area contributed by atoms with Crippen molar-refractivity contribution in [2.75, 3.05) is 23.3 Å². The van der Waals surface area contributed by atoms with E-state index in [0.717, 1.165) is 10.5 Å². The summed E-state index contributed by atoms with van der Waals surface area (Å²) < 4.78 is 6.89. The van der Waals surface area contributed by atoms with Crippen molar-refractivity contribution in [3.63, 3.8) is 0 Å². The zero-order valence-electron chi connectivity index (χ0n) is 17.3. The fraction of sp³-hybridized carbons (Fsp3) is 0.174. The number of carbonyl (C=O) groups is 2. The van der Waals surface area contributed by atoms with Crippen molar-refractivity contribution >= 4 is 36.1 Å². The van der Waals surface area contributed by atoms with E-state index >= 15 is 0 Å². The Kier molecular flexibility index (Phi) is 6.18. The number of amides is 3. The van der Waals surface area contributed by atoms with Gasteiger partial charge in [-0.1, -0.05) is 6.07 Å². The highest BCUT2D eigenvalue weighted by molar-refractivity contribution is 7.80. The quantitative estimate of drug-likeness (QED) is 0.518. The van der Waals surface area contributed by atoms with Crippen molar-refractivity contribution in [1.82, 2.24) is 9.88 Å². The number of nitrogens with zero attached hydrogens (tertiary/aromatic N) is 2. The van der Waals surface area contributed by atoms with E-state index in [2.05, 4.69) is 23.3 Å². The first-order valence-electron chi connectivity index (χ1n) is 10.0. The normalized spacial score (nSPS) is 15.4. The summed E-state index contributed by atoms with van der Waals surface area (Å²) in [7, 11) is 0. The number of rotatable bonds is 5. The summed E-state index contributed by atoms with van der Waals surface area (Å²) in [5, 5.41) is 5.47. The van der Waals surface area contributed by atoms with Gasteiger partial charge in [0.2, 0.25) is 0 Å². The van der Waals surface area contributed by atoms with E-state index in [1.54, 1.807) is 48.7 Å². The van der Waals surface area contributed by atoms with Crippen molar-refractivity contribution in [2.45, 2.75) is 17.9 Å². The second-order valence-electron chi connectivity index (χ2n) is 7.38. The summed E-state index contributed by atoms with van der Waals surface area (Å²) >= 11 is 4.32. The highest BCUT2D eigenvalue weighted by Crippen LogP contribution is 2.23. The van der Waals surface area contributed by atoms with Gasteiger partial charge in [-0.05, 0) is 61.0 Å². The van der Waals surface area contributed by atoms with Crippen molar-refractivity contribution in [1.29, 1.82) is 0 Å². The number of hydrogen-bond acceptors (Lipinski definition) is 5. The first-order chi connectivity index (χ1) is 15.4. The van der Waals surface area contributed by atoms with Gasteiger partial charge in [0, 0.05) is 34.2 Å². The number of aromatic nitrogens is 1. The van der Waals surface area contributed by atoms with Crippen molar-refractivity contribution in [2.24, 2.45) is 0 Å². The molecule has 1 saturated heterocycles. The Labute approximate surface area is 190 Å². The van der Waals surface area contributed by atoms with Gasteiger partial charge in [0.1, 0.15) is 6.10 Å². The monoisotopic (exact) mass is 450 g/mol. The highest BCUT2D eigenvalue weighted by atomic mass is 32.1. The number of carbonyl (C=O) groups excluding carboxylic acids is 2. The highest BCUT2D eigenvalue weighted by Gasteiger charge is 2.32. The molecule has 0 bridgehead atoms. The molecular weight excluding hydrogens is 428 g/mol. The molecule has 1 fully saturated rings. The number of pyridine rings is 1.